The van der Waals surface area contributed by atoms with Crippen molar-refractivity contribution in [2.24, 2.45) is 0 Å². The zero-order valence-electron chi connectivity index (χ0n) is 6.68. The van der Waals surface area contributed by atoms with Gasteiger partial charge in [0.05, 0.1) is 11.1 Å². The molecule has 13 heavy (non-hydrogen) atoms. The minimum atomic E-state index is -3.01. The average molecular weight is 186 g/mol. The van der Waals surface area contributed by atoms with Gasteiger partial charge in [-0.25, -0.2) is 13.8 Å². The first-order valence-corrected chi connectivity index (χ1v) is 3.41. The number of hydrogen-bond donors (Lipinski definition) is 0. The molecule has 0 saturated carbocycles. The largest absolute Gasteiger partial charge is 0.269 e. The zero-order chi connectivity index (χ0) is 10.0. The second-order valence-electron chi connectivity index (χ2n) is 2.43. The molecule has 1 aromatic rings. The van der Waals surface area contributed by atoms with E-state index in [1.807, 2.05) is 0 Å². The Labute approximate surface area is 72.6 Å². The van der Waals surface area contributed by atoms with E-state index in [2.05, 4.69) is 4.98 Å². The predicted molar refractivity (Wildman–Crippen MR) is 38.6 cm³/mol. The highest BCUT2D eigenvalue weighted by molar-refractivity contribution is 5.42. The number of nitrogens with zero attached hydrogens (tertiary/aromatic N) is 2. The number of hydrogen-bond acceptors (Lipinski definition) is 2. The van der Waals surface area contributed by atoms with Crippen molar-refractivity contribution >= 4 is 0 Å². The quantitative estimate of drug-likeness (QED) is 0.631. The topological polar surface area (TPSA) is 36.7 Å². The van der Waals surface area contributed by atoms with E-state index in [1.54, 1.807) is 0 Å². The first-order chi connectivity index (χ1) is 6.07. The molecule has 0 atom stereocenters. The van der Waals surface area contributed by atoms with Crippen molar-refractivity contribution in [1.29, 1.82) is 5.26 Å². The molecule has 0 aromatic carbocycles. The second-order valence-corrected chi connectivity index (χ2v) is 2.43. The highest BCUT2D eigenvalue weighted by Gasteiger charge is 2.20. The summed E-state index contributed by atoms with van der Waals surface area (Å²) in [7, 11) is 0. The number of alkyl halides is 2. The van der Waals surface area contributed by atoms with Gasteiger partial charge in [-0.15, -0.1) is 0 Å². The van der Waals surface area contributed by atoms with Gasteiger partial charge in [0.2, 0.25) is 5.95 Å². The lowest BCUT2D eigenvalue weighted by Gasteiger charge is -2.04. The molecule has 1 aromatic heterocycles. The summed E-state index contributed by atoms with van der Waals surface area (Å²) >= 11 is 0. The molecule has 0 aliphatic carbocycles. The molecule has 0 spiro atoms. The van der Waals surface area contributed by atoms with Crippen LogP contribution in [0.4, 0.5) is 13.2 Å². The fourth-order valence-electron chi connectivity index (χ4n) is 0.951. The van der Waals surface area contributed by atoms with Crippen LogP contribution in [0.1, 0.15) is 23.1 Å². The third-order valence-corrected chi connectivity index (χ3v) is 1.59. The number of rotatable bonds is 1. The van der Waals surface area contributed by atoms with Crippen molar-refractivity contribution < 1.29 is 13.2 Å². The third kappa shape index (κ3) is 1.61. The van der Waals surface area contributed by atoms with Gasteiger partial charge in [-0.05, 0) is 12.5 Å². The molecular formula is C8H5F3N2. The van der Waals surface area contributed by atoms with Crippen molar-refractivity contribution in [2.45, 2.75) is 13.3 Å². The summed E-state index contributed by atoms with van der Waals surface area (Å²) in [6.07, 6.45) is -1.96. The molecule has 0 radical (unpaired) electrons. The number of halogens is 3. The van der Waals surface area contributed by atoms with Crippen LogP contribution < -0.4 is 0 Å². The second kappa shape index (κ2) is 3.44. The van der Waals surface area contributed by atoms with E-state index in [1.165, 1.54) is 13.0 Å². The Hall–Kier alpha value is -1.57. The SMILES string of the molecule is Cc1cnc(F)c(C(F)F)c1C#N. The van der Waals surface area contributed by atoms with Crippen LogP contribution in [0.3, 0.4) is 0 Å². The molecule has 0 fully saturated rings. The normalized spacial score (nSPS) is 10.2. The van der Waals surface area contributed by atoms with Crippen LogP contribution in [0.15, 0.2) is 6.20 Å². The van der Waals surface area contributed by atoms with E-state index in [0.717, 1.165) is 6.20 Å². The lowest BCUT2D eigenvalue weighted by atomic mass is 10.1. The fraction of sp³-hybridized carbons (Fsp3) is 0.250. The maximum Gasteiger partial charge on any atom is 0.269 e. The first-order valence-electron chi connectivity index (χ1n) is 3.41. The van der Waals surface area contributed by atoms with Crippen molar-refractivity contribution in [2.75, 3.05) is 0 Å². The van der Waals surface area contributed by atoms with Gasteiger partial charge in [0.1, 0.15) is 6.07 Å². The molecule has 0 aliphatic rings. The molecule has 5 heteroatoms. The van der Waals surface area contributed by atoms with Crippen molar-refractivity contribution in [3.05, 3.63) is 28.8 Å². The Balaban J connectivity index is 3.46. The summed E-state index contributed by atoms with van der Waals surface area (Å²) < 4.78 is 37.2. The average Bonchev–Trinajstić information content (AvgIpc) is 2.07. The van der Waals surface area contributed by atoms with Crippen LogP contribution in [0.5, 0.6) is 0 Å². The summed E-state index contributed by atoms with van der Waals surface area (Å²) in [5, 5.41) is 8.49. The Morgan fingerprint density at radius 3 is 2.54 bits per heavy atom. The Morgan fingerprint density at radius 1 is 1.54 bits per heavy atom. The van der Waals surface area contributed by atoms with Crippen LogP contribution >= 0.6 is 0 Å². The summed E-state index contributed by atoms with van der Waals surface area (Å²) in [5.74, 6) is -1.28. The predicted octanol–water partition coefficient (Wildman–Crippen LogP) is 2.34. The van der Waals surface area contributed by atoms with Gasteiger partial charge in [-0.2, -0.15) is 9.65 Å². The van der Waals surface area contributed by atoms with Crippen LogP contribution in [0, 0.1) is 24.2 Å². The molecule has 0 saturated heterocycles. The van der Waals surface area contributed by atoms with Crippen molar-refractivity contribution in [3.8, 4) is 6.07 Å². The Bertz CT molecular complexity index is 368. The standard InChI is InChI=1S/C8H5F3N2/c1-4-3-13-8(11)6(7(9)10)5(4)2-12/h3,7H,1H3. The monoisotopic (exact) mass is 186 g/mol. The third-order valence-electron chi connectivity index (χ3n) is 1.59. The summed E-state index contributed by atoms with van der Waals surface area (Å²) in [6.45, 7) is 1.43. The van der Waals surface area contributed by atoms with Gasteiger partial charge < -0.3 is 0 Å². The number of aryl methyl sites for hydroxylation is 1. The van der Waals surface area contributed by atoms with Crippen LogP contribution in [0.2, 0.25) is 0 Å². The maximum absolute atomic E-state index is 12.7. The van der Waals surface area contributed by atoms with Gasteiger partial charge in [0, 0.05) is 6.20 Å². The van der Waals surface area contributed by atoms with E-state index in [4.69, 9.17) is 5.26 Å². The molecule has 0 N–H and O–H groups in total. The molecule has 0 unspecified atom stereocenters. The molecule has 0 aliphatic heterocycles. The van der Waals surface area contributed by atoms with E-state index in [0.29, 0.717) is 0 Å². The van der Waals surface area contributed by atoms with Gasteiger partial charge >= 0.3 is 0 Å². The summed E-state index contributed by atoms with van der Waals surface area (Å²) in [6, 6.07) is 1.53. The smallest absolute Gasteiger partial charge is 0.228 e. The highest BCUT2D eigenvalue weighted by atomic mass is 19.3. The van der Waals surface area contributed by atoms with Crippen molar-refractivity contribution in [1.82, 2.24) is 4.98 Å². The molecule has 68 valence electrons. The van der Waals surface area contributed by atoms with Gasteiger partial charge in [-0.1, -0.05) is 0 Å². The molecule has 0 bridgehead atoms. The van der Waals surface area contributed by atoms with E-state index < -0.39 is 17.9 Å². The summed E-state index contributed by atoms with van der Waals surface area (Å²) in [5.41, 5.74) is -0.996. The van der Waals surface area contributed by atoms with E-state index in [-0.39, 0.29) is 11.1 Å². The van der Waals surface area contributed by atoms with Gasteiger partial charge in [0.15, 0.2) is 0 Å². The van der Waals surface area contributed by atoms with Gasteiger partial charge in [-0.3, -0.25) is 0 Å². The zero-order valence-corrected chi connectivity index (χ0v) is 6.68. The first kappa shape index (κ1) is 9.52. The van der Waals surface area contributed by atoms with Crippen molar-refractivity contribution in [3.63, 3.8) is 0 Å². The van der Waals surface area contributed by atoms with Crippen LogP contribution in [0.25, 0.3) is 0 Å². The van der Waals surface area contributed by atoms with Crippen LogP contribution in [-0.4, -0.2) is 4.98 Å². The van der Waals surface area contributed by atoms with E-state index in [9.17, 15) is 13.2 Å². The minimum absolute atomic E-state index is 0.249. The van der Waals surface area contributed by atoms with E-state index >= 15 is 0 Å². The lowest BCUT2D eigenvalue weighted by molar-refractivity contribution is 0.144. The molecule has 2 nitrogen and oxygen atoms in total. The Morgan fingerprint density at radius 2 is 2.15 bits per heavy atom. The number of pyridine rings is 1. The summed E-state index contributed by atoms with van der Waals surface area (Å²) in [4.78, 5) is 3.11. The molecular weight excluding hydrogens is 181 g/mol. The molecule has 0 amide bonds. The number of nitriles is 1. The van der Waals surface area contributed by atoms with Crippen LogP contribution in [-0.2, 0) is 0 Å². The minimum Gasteiger partial charge on any atom is -0.228 e. The fourth-order valence-corrected chi connectivity index (χ4v) is 0.951. The Kier molecular flexibility index (Phi) is 2.52. The number of aromatic nitrogens is 1. The molecule has 1 rings (SSSR count). The molecule has 1 heterocycles. The van der Waals surface area contributed by atoms with Gasteiger partial charge in [0.25, 0.3) is 6.43 Å². The highest BCUT2D eigenvalue weighted by Crippen LogP contribution is 2.25. The maximum atomic E-state index is 12.7. The lowest BCUT2D eigenvalue weighted by Crippen LogP contribution is -2.01.